The summed E-state index contributed by atoms with van der Waals surface area (Å²) in [4.78, 5) is 8.45. The molecule has 0 bridgehead atoms. The highest BCUT2D eigenvalue weighted by molar-refractivity contribution is 6.18. The monoisotopic (exact) mass is 255 g/mol. The van der Waals surface area contributed by atoms with E-state index < -0.39 is 0 Å². The van der Waals surface area contributed by atoms with Crippen molar-refractivity contribution in [2.24, 2.45) is 5.92 Å². The first-order chi connectivity index (χ1) is 8.13. The number of anilines is 1. The molecule has 96 valence electrons. The van der Waals surface area contributed by atoms with E-state index in [0.717, 1.165) is 36.8 Å². The number of rotatable bonds is 7. The van der Waals surface area contributed by atoms with Gasteiger partial charge < -0.3 is 5.32 Å². The smallest absolute Gasteiger partial charge is 0.129 e. The van der Waals surface area contributed by atoms with Gasteiger partial charge in [-0.3, -0.25) is 0 Å². The van der Waals surface area contributed by atoms with Crippen LogP contribution in [0.25, 0.3) is 0 Å². The molecule has 3 nitrogen and oxygen atoms in total. The highest BCUT2D eigenvalue weighted by Crippen LogP contribution is 2.14. The lowest BCUT2D eigenvalue weighted by atomic mass is 10.1. The van der Waals surface area contributed by atoms with Crippen molar-refractivity contribution in [2.45, 2.75) is 39.5 Å². The van der Waals surface area contributed by atoms with Gasteiger partial charge in [0, 0.05) is 24.2 Å². The van der Waals surface area contributed by atoms with Gasteiger partial charge in [-0.25, -0.2) is 9.97 Å². The molecule has 0 radical (unpaired) electrons. The van der Waals surface area contributed by atoms with Crippen LogP contribution in [-0.2, 0) is 0 Å². The maximum absolute atomic E-state index is 5.76. The lowest BCUT2D eigenvalue weighted by Crippen LogP contribution is -2.07. The standard InChI is InChI=1S/C13H22ClN3/c1-10(2)12-7-13(17-9-16-12)15-6-4-5-11(3)8-14/h7,9-11H,4-6,8H2,1-3H3,(H,15,16,17). The second-order valence-electron chi connectivity index (χ2n) is 4.81. The number of alkyl halides is 1. The summed E-state index contributed by atoms with van der Waals surface area (Å²) in [5.74, 6) is 2.69. The first-order valence-corrected chi connectivity index (χ1v) is 6.78. The molecule has 0 amide bonds. The van der Waals surface area contributed by atoms with E-state index in [1.807, 2.05) is 6.07 Å². The lowest BCUT2D eigenvalue weighted by molar-refractivity contribution is 0.572. The minimum Gasteiger partial charge on any atom is -0.370 e. The van der Waals surface area contributed by atoms with E-state index in [1.54, 1.807) is 6.33 Å². The highest BCUT2D eigenvalue weighted by atomic mass is 35.5. The van der Waals surface area contributed by atoms with E-state index in [0.29, 0.717) is 11.8 Å². The zero-order valence-electron chi connectivity index (χ0n) is 10.9. The molecule has 1 aromatic rings. The van der Waals surface area contributed by atoms with Gasteiger partial charge in [-0.2, -0.15) is 0 Å². The van der Waals surface area contributed by atoms with Crippen LogP contribution in [0.5, 0.6) is 0 Å². The molecule has 0 fully saturated rings. The highest BCUT2D eigenvalue weighted by Gasteiger charge is 2.03. The van der Waals surface area contributed by atoms with Gasteiger partial charge in [0.2, 0.25) is 0 Å². The first kappa shape index (κ1) is 14.2. The molecular weight excluding hydrogens is 234 g/mol. The summed E-state index contributed by atoms with van der Waals surface area (Å²) in [6.07, 6.45) is 3.90. The number of hydrogen-bond acceptors (Lipinski definition) is 3. The van der Waals surface area contributed by atoms with Crippen molar-refractivity contribution >= 4 is 17.4 Å². The molecule has 17 heavy (non-hydrogen) atoms. The minimum absolute atomic E-state index is 0.440. The van der Waals surface area contributed by atoms with Gasteiger partial charge in [-0.05, 0) is 24.7 Å². The van der Waals surface area contributed by atoms with Crippen molar-refractivity contribution in [1.82, 2.24) is 9.97 Å². The summed E-state index contributed by atoms with van der Waals surface area (Å²) in [5, 5.41) is 3.33. The Bertz CT molecular complexity index is 328. The molecule has 0 aliphatic heterocycles. The molecule has 1 aromatic heterocycles. The maximum Gasteiger partial charge on any atom is 0.129 e. The predicted molar refractivity (Wildman–Crippen MR) is 73.7 cm³/mol. The zero-order valence-corrected chi connectivity index (χ0v) is 11.7. The summed E-state index contributed by atoms with van der Waals surface area (Å²) in [7, 11) is 0. The molecule has 1 N–H and O–H groups in total. The fraction of sp³-hybridized carbons (Fsp3) is 0.692. The molecule has 1 heterocycles. The van der Waals surface area contributed by atoms with Gasteiger partial charge in [0.25, 0.3) is 0 Å². The van der Waals surface area contributed by atoms with Crippen molar-refractivity contribution in [1.29, 1.82) is 0 Å². The summed E-state index contributed by atoms with van der Waals surface area (Å²) in [5.41, 5.74) is 1.08. The Morgan fingerprint density at radius 1 is 1.29 bits per heavy atom. The number of aromatic nitrogens is 2. The predicted octanol–water partition coefficient (Wildman–Crippen LogP) is 3.67. The summed E-state index contributed by atoms with van der Waals surface area (Å²) in [6, 6.07) is 2.02. The van der Waals surface area contributed by atoms with Gasteiger partial charge in [-0.1, -0.05) is 20.8 Å². The third-order valence-electron chi connectivity index (χ3n) is 2.72. The molecule has 0 aliphatic rings. The quantitative estimate of drug-likeness (QED) is 0.597. The van der Waals surface area contributed by atoms with E-state index >= 15 is 0 Å². The molecule has 1 rings (SSSR count). The van der Waals surface area contributed by atoms with Crippen LogP contribution in [0.2, 0.25) is 0 Å². The third kappa shape index (κ3) is 5.35. The molecule has 1 unspecified atom stereocenters. The Morgan fingerprint density at radius 2 is 2.06 bits per heavy atom. The second kappa shape index (κ2) is 7.49. The Kier molecular flexibility index (Phi) is 6.27. The van der Waals surface area contributed by atoms with Gasteiger partial charge >= 0.3 is 0 Å². The fourth-order valence-electron chi connectivity index (χ4n) is 1.53. The van der Waals surface area contributed by atoms with Crippen LogP contribution >= 0.6 is 11.6 Å². The molecule has 0 saturated heterocycles. The van der Waals surface area contributed by atoms with Crippen molar-refractivity contribution in [2.75, 3.05) is 17.7 Å². The van der Waals surface area contributed by atoms with Crippen LogP contribution in [0.4, 0.5) is 5.82 Å². The summed E-state index contributed by atoms with van der Waals surface area (Å²) in [6.45, 7) is 7.38. The minimum atomic E-state index is 0.440. The van der Waals surface area contributed by atoms with Crippen LogP contribution in [0.3, 0.4) is 0 Å². The molecule has 0 aromatic carbocycles. The number of nitrogens with one attached hydrogen (secondary N) is 1. The number of halogens is 1. The maximum atomic E-state index is 5.76. The molecular formula is C13H22ClN3. The average Bonchev–Trinajstić information content (AvgIpc) is 2.34. The zero-order chi connectivity index (χ0) is 12.7. The third-order valence-corrected chi connectivity index (χ3v) is 3.25. The lowest BCUT2D eigenvalue weighted by Gasteiger charge is -2.10. The van der Waals surface area contributed by atoms with Crippen LogP contribution in [0.1, 0.15) is 45.2 Å². The van der Waals surface area contributed by atoms with Crippen molar-refractivity contribution in [3.63, 3.8) is 0 Å². The van der Waals surface area contributed by atoms with Crippen molar-refractivity contribution in [3.8, 4) is 0 Å². The van der Waals surface area contributed by atoms with E-state index in [2.05, 4.69) is 36.1 Å². The fourth-order valence-corrected chi connectivity index (χ4v) is 1.68. The Morgan fingerprint density at radius 3 is 2.71 bits per heavy atom. The second-order valence-corrected chi connectivity index (χ2v) is 5.12. The van der Waals surface area contributed by atoms with Crippen LogP contribution < -0.4 is 5.32 Å². The van der Waals surface area contributed by atoms with Crippen LogP contribution in [-0.4, -0.2) is 22.4 Å². The largest absolute Gasteiger partial charge is 0.370 e. The average molecular weight is 256 g/mol. The topological polar surface area (TPSA) is 37.8 Å². The van der Waals surface area contributed by atoms with E-state index in [-0.39, 0.29) is 0 Å². The van der Waals surface area contributed by atoms with E-state index in [9.17, 15) is 0 Å². The van der Waals surface area contributed by atoms with E-state index in [1.165, 1.54) is 0 Å². The molecule has 4 heteroatoms. The Balaban J connectivity index is 2.34. The SMILES string of the molecule is CC(CCl)CCCNc1cc(C(C)C)ncn1. The van der Waals surface area contributed by atoms with Crippen LogP contribution in [0, 0.1) is 5.92 Å². The van der Waals surface area contributed by atoms with Gasteiger partial charge in [0.1, 0.15) is 12.1 Å². The Labute approximate surface area is 109 Å². The molecule has 0 aliphatic carbocycles. The van der Waals surface area contributed by atoms with Gasteiger partial charge in [-0.15, -0.1) is 11.6 Å². The van der Waals surface area contributed by atoms with E-state index in [4.69, 9.17) is 11.6 Å². The van der Waals surface area contributed by atoms with Crippen molar-refractivity contribution in [3.05, 3.63) is 18.1 Å². The number of nitrogens with zero attached hydrogens (tertiary/aromatic N) is 2. The van der Waals surface area contributed by atoms with Gasteiger partial charge in [0.15, 0.2) is 0 Å². The molecule has 0 saturated carbocycles. The van der Waals surface area contributed by atoms with Gasteiger partial charge in [0.05, 0.1) is 0 Å². The summed E-state index contributed by atoms with van der Waals surface area (Å²) >= 11 is 5.76. The number of hydrogen-bond donors (Lipinski definition) is 1. The normalized spacial score (nSPS) is 12.8. The summed E-state index contributed by atoms with van der Waals surface area (Å²) < 4.78 is 0. The Hall–Kier alpha value is -0.830. The molecule has 1 atom stereocenters. The van der Waals surface area contributed by atoms with Crippen LogP contribution in [0.15, 0.2) is 12.4 Å². The van der Waals surface area contributed by atoms with Crippen molar-refractivity contribution < 1.29 is 0 Å². The first-order valence-electron chi connectivity index (χ1n) is 6.25. The molecule has 0 spiro atoms.